The number of aromatic nitrogens is 1. The summed E-state index contributed by atoms with van der Waals surface area (Å²) in [6.45, 7) is 1.56. The van der Waals surface area contributed by atoms with Crippen molar-refractivity contribution < 1.29 is 9.53 Å². The molecule has 0 saturated heterocycles. The van der Waals surface area contributed by atoms with Crippen LogP contribution < -0.4 is 10.1 Å². The van der Waals surface area contributed by atoms with Gasteiger partial charge in [0.2, 0.25) is 0 Å². The van der Waals surface area contributed by atoms with Gasteiger partial charge in [-0.3, -0.25) is 4.79 Å². The Hall–Kier alpha value is -2.66. The fourth-order valence-electron chi connectivity index (χ4n) is 2.85. The number of carbonyl (C=O) groups excluding carboxylic acids is 1. The third kappa shape index (κ3) is 3.63. The average Bonchev–Trinajstić information content (AvgIpc) is 2.67. The molecule has 0 saturated carbocycles. The van der Waals surface area contributed by atoms with Crippen molar-refractivity contribution in [3.8, 4) is 28.1 Å². The number of rotatable bonds is 5. The van der Waals surface area contributed by atoms with Crippen molar-refractivity contribution in [3.05, 3.63) is 64.6 Å². The van der Waals surface area contributed by atoms with E-state index in [1.165, 1.54) is 0 Å². The van der Waals surface area contributed by atoms with Gasteiger partial charge in [-0.15, -0.1) is 0 Å². The van der Waals surface area contributed by atoms with Crippen molar-refractivity contribution in [1.82, 2.24) is 4.98 Å². The fraction of sp³-hybridized carbons (Fsp3) is 0.143. The smallest absolute Gasteiger partial charge is 0.164 e. The Labute approximate surface area is 161 Å². The van der Waals surface area contributed by atoms with E-state index in [2.05, 4.69) is 26.2 Å². The Kier molecular flexibility index (Phi) is 5.38. The van der Waals surface area contributed by atoms with E-state index in [0.29, 0.717) is 11.4 Å². The van der Waals surface area contributed by atoms with Crippen molar-refractivity contribution >= 4 is 27.5 Å². The maximum Gasteiger partial charge on any atom is 0.164 e. The first kappa shape index (κ1) is 18.1. The molecule has 0 spiro atoms. The Morgan fingerprint density at radius 1 is 1.04 bits per heavy atom. The highest BCUT2D eigenvalue weighted by Gasteiger charge is 2.18. The number of methoxy groups -OCH3 is 1. The molecule has 5 heteroatoms. The van der Waals surface area contributed by atoms with Gasteiger partial charge in [0.1, 0.15) is 11.6 Å². The van der Waals surface area contributed by atoms with E-state index in [1.807, 2.05) is 54.6 Å². The predicted octanol–water partition coefficient (Wildman–Crippen LogP) is 5.43. The van der Waals surface area contributed by atoms with Crippen molar-refractivity contribution in [2.75, 3.05) is 19.5 Å². The van der Waals surface area contributed by atoms with Crippen LogP contribution in [-0.2, 0) is 0 Å². The minimum absolute atomic E-state index is 0.0324. The molecule has 3 rings (SSSR count). The van der Waals surface area contributed by atoms with Crippen LogP contribution in [0.5, 0.6) is 5.75 Å². The zero-order valence-electron chi connectivity index (χ0n) is 14.8. The summed E-state index contributed by atoms with van der Waals surface area (Å²) in [5.74, 6) is 1.31. The van der Waals surface area contributed by atoms with E-state index in [0.717, 1.165) is 32.6 Å². The van der Waals surface area contributed by atoms with Gasteiger partial charge in [-0.25, -0.2) is 4.98 Å². The van der Waals surface area contributed by atoms with E-state index in [1.54, 1.807) is 21.1 Å². The van der Waals surface area contributed by atoms with Crippen LogP contribution in [0, 0.1) is 0 Å². The van der Waals surface area contributed by atoms with Gasteiger partial charge in [0, 0.05) is 17.1 Å². The van der Waals surface area contributed by atoms with E-state index in [-0.39, 0.29) is 5.78 Å². The van der Waals surface area contributed by atoms with Gasteiger partial charge in [-0.1, -0.05) is 40.2 Å². The standard InChI is InChI=1S/C21H19BrN2O2/c1-13(25)20-18(14-6-10-17(26-3)11-7-14)12-19(24-21(20)23-2)15-4-8-16(22)9-5-15/h4-12H,1-3H3,(H,23,24). The third-order valence-electron chi connectivity index (χ3n) is 4.15. The zero-order valence-corrected chi connectivity index (χ0v) is 16.4. The third-order valence-corrected chi connectivity index (χ3v) is 4.68. The first-order valence-corrected chi connectivity index (χ1v) is 8.97. The number of benzene rings is 2. The molecule has 132 valence electrons. The molecule has 0 radical (unpaired) electrons. The second-order valence-electron chi connectivity index (χ2n) is 5.82. The van der Waals surface area contributed by atoms with E-state index in [4.69, 9.17) is 4.74 Å². The van der Waals surface area contributed by atoms with Gasteiger partial charge < -0.3 is 10.1 Å². The van der Waals surface area contributed by atoms with E-state index < -0.39 is 0 Å². The van der Waals surface area contributed by atoms with Crippen LogP contribution >= 0.6 is 15.9 Å². The average molecular weight is 411 g/mol. The van der Waals surface area contributed by atoms with Crippen molar-refractivity contribution in [2.45, 2.75) is 6.92 Å². The van der Waals surface area contributed by atoms with Crippen LogP contribution in [-0.4, -0.2) is 24.9 Å². The molecule has 1 aromatic heterocycles. The van der Waals surface area contributed by atoms with Crippen LogP contribution in [0.15, 0.2) is 59.1 Å². The summed E-state index contributed by atoms with van der Waals surface area (Å²) in [5, 5.41) is 3.07. The highest BCUT2D eigenvalue weighted by molar-refractivity contribution is 9.10. The van der Waals surface area contributed by atoms with E-state index >= 15 is 0 Å². The molecule has 0 aliphatic carbocycles. The normalized spacial score (nSPS) is 10.5. The number of halogens is 1. The van der Waals surface area contributed by atoms with Gasteiger partial charge in [0.05, 0.1) is 18.4 Å². The molecule has 4 nitrogen and oxygen atoms in total. The van der Waals surface area contributed by atoms with Crippen LogP contribution in [0.3, 0.4) is 0 Å². The summed E-state index contributed by atoms with van der Waals surface area (Å²) in [4.78, 5) is 17.0. The lowest BCUT2D eigenvalue weighted by Gasteiger charge is -2.15. The summed E-state index contributed by atoms with van der Waals surface area (Å²) in [6, 6.07) is 17.6. The van der Waals surface area contributed by atoms with Gasteiger partial charge in [-0.2, -0.15) is 0 Å². The molecule has 3 aromatic rings. The Bertz CT molecular complexity index is 935. The lowest BCUT2D eigenvalue weighted by atomic mass is 9.96. The monoisotopic (exact) mass is 410 g/mol. The molecule has 0 fully saturated rings. The van der Waals surface area contributed by atoms with Gasteiger partial charge >= 0.3 is 0 Å². The molecule has 0 aliphatic heterocycles. The number of anilines is 1. The lowest BCUT2D eigenvalue weighted by Crippen LogP contribution is -2.06. The van der Waals surface area contributed by atoms with Gasteiger partial charge in [-0.05, 0) is 48.4 Å². The molecule has 0 amide bonds. The second kappa shape index (κ2) is 7.70. The van der Waals surface area contributed by atoms with Crippen molar-refractivity contribution in [3.63, 3.8) is 0 Å². The number of ether oxygens (including phenoxy) is 1. The molecule has 0 unspecified atom stereocenters. The Morgan fingerprint density at radius 2 is 1.65 bits per heavy atom. The number of nitrogens with zero attached hydrogens (tertiary/aromatic N) is 1. The number of Topliss-reactive ketones (excluding diaryl/α,β-unsaturated/α-hetero) is 1. The molecule has 0 bridgehead atoms. The molecule has 1 heterocycles. The second-order valence-corrected chi connectivity index (χ2v) is 6.74. The number of pyridine rings is 1. The molecule has 2 aromatic carbocycles. The number of ketones is 1. The summed E-state index contributed by atoms with van der Waals surface area (Å²) in [6.07, 6.45) is 0. The van der Waals surface area contributed by atoms with Crippen molar-refractivity contribution in [2.24, 2.45) is 0 Å². The summed E-state index contributed by atoms with van der Waals surface area (Å²) >= 11 is 3.45. The zero-order chi connectivity index (χ0) is 18.7. The Morgan fingerprint density at radius 3 is 2.19 bits per heavy atom. The molecule has 0 atom stereocenters. The largest absolute Gasteiger partial charge is 0.497 e. The van der Waals surface area contributed by atoms with Crippen LogP contribution in [0.1, 0.15) is 17.3 Å². The maximum atomic E-state index is 12.3. The molecular weight excluding hydrogens is 392 g/mol. The minimum Gasteiger partial charge on any atom is -0.497 e. The van der Waals surface area contributed by atoms with Crippen LogP contribution in [0.4, 0.5) is 5.82 Å². The lowest BCUT2D eigenvalue weighted by molar-refractivity contribution is 0.101. The minimum atomic E-state index is -0.0324. The Balaban J connectivity index is 2.23. The molecular formula is C21H19BrN2O2. The summed E-state index contributed by atoms with van der Waals surface area (Å²) < 4.78 is 6.24. The molecule has 26 heavy (non-hydrogen) atoms. The fourth-order valence-corrected chi connectivity index (χ4v) is 3.11. The number of hydrogen-bond donors (Lipinski definition) is 1. The van der Waals surface area contributed by atoms with Gasteiger partial charge in [0.15, 0.2) is 5.78 Å². The maximum absolute atomic E-state index is 12.3. The summed E-state index contributed by atoms with van der Waals surface area (Å²) in [7, 11) is 3.41. The number of carbonyl (C=O) groups is 1. The molecule has 1 N–H and O–H groups in total. The number of hydrogen-bond acceptors (Lipinski definition) is 4. The van der Waals surface area contributed by atoms with Gasteiger partial charge in [0.25, 0.3) is 0 Å². The van der Waals surface area contributed by atoms with E-state index in [9.17, 15) is 4.79 Å². The predicted molar refractivity (Wildman–Crippen MR) is 109 cm³/mol. The quantitative estimate of drug-likeness (QED) is 0.569. The van der Waals surface area contributed by atoms with Crippen molar-refractivity contribution in [1.29, 1.82) is 0 Å². The summed E-state index contributed by atoms with van der Waals surface area (Å²) in [5.41, 5.74) is 4.15. The number of nitrogens with one attached hydrogen (secondary N) is 1. The van der Waals surface area contributed by atoms with Crippen LogP contribution in [0.2, 0.25) is 0 Å². The highest BCUT2D eigenvalue weighted by Crippen LogP contribution is 2.34. The topological polar surface area (TPSA) is 51.2 Å². The molecule has 0 aliphatic rings. The SMILES string of the molecule is CNc1nc(-c2ccc(Br)cc2)cc(-c2ccc(OC)cc2)c1C(C)=O. The highest BCUT2D eigenvalue weighted by atomic mass is 79.9. The first-order valence-electron chi connectivity index (χ1n) is 8.17. The first-order chi connectivity index (χ1) is 12.5. The van der Waals surface area contributed by atoms with Crippen LogP contribution in [0.25, 0.3) is 22.4 Å².